The summed E-state index contributed by atoms with van der Waals surface area (Å²) < 4.78 is 12.9. The van der Waals surface area contributed by atoms with E-state index in [1.165, 1.54) is 0 Å². The number of pyridine rings is 1. The lowest BCUT2D eigenvalue weighted by Crippen LogP contribution is -2.31. The van der Waals surface area contributed by atoms with Gasteiger partial charge >= 0.3 is 0 Å². The van der Waals surface area contributed by atoms with Crippen molar-refractivity contribution in [1.29, 1.82) is 0 Å². The third-order valence-corrected chi connectivity index (χ3v) is 6.39. The summed E-state index contributed by atoms with van der Waals surface area (Å²) in [6, 6.07) is 16.4. The van der Waals surface area contributed by atoms with Crippen LogP contribution < -0.4 is 25.0 Å². The quantitative estimate of drug-likeness (QED) is 0.377. The van der Waals surface area contributed by atoms with E-state index in [1.54, 1.807) is 43.4 Å². The number of nitrogens with zero attached hydrogens (tertiary/aromatic N) is 5. The summed E-state index contributed by atoms with van der Waals surface area (Å²) in [5.74, 6) is 1.98. The van der Waals surface area contributed by atoms with Crippen molar-refractivity contribution < 1.29 is 14.3 Å². The van der Waals surface area contributed by atoms with E-state index in [4.69, 9.17) is 19.6 Å². The van der Waals surface area contributed by atoms with Gasteiger partial charge in [0.05, 0.1) is 31.7 Å². The Balaban J connectivity index is 1.64. The maximum atomic E-state index is 13.7. The highest BCUT2D eigenvalue weighted by Gasteiger charge is 2.36. The summed E-state index contributed by atoms with van der Waals surface area (Å²) in [6.45, 7) is 1.85. The Kier molecular flexibility index (Phi) is 6.69. The van der Waals surface area contributed by atoms with Gasteiger partial charge in [-0.3, -0.25) is 9.78 Å². The SMILES string of the molecule is COc1ccc(OC)c(C2C(C(=O)Nc3cccnc3)=C(C)Nc3nc(-c4ccc(N(C)C)cc4)nn32)c1. The molecule has 3 heterocycles. The Labute approximate surface area is 220 Å². The molecule has 2 aromatic carbocycles. The van der Waals surface area contributed by atoms with E-state index in [-0.39, 0.29) is 5.91 Å². The van der Waals surface area contributed by atoms with Crippen molar-refractivity contribution in [2.24, 2.45) is 0 Å². The largest absolute Gasteiger partial charge is 0.497 e. The van der Waals surface area contributed by atoms with Crippen LogP contribution in [-0.2, 0) is 4.79 Å². The molecule has 2 N–H and O–H groups in total. The Morgan fingerprint density at radius 1 is 1.08 bits per heavy atom. The van der Waals surface area contributed by atoms with Gasteiger partial charge in [0.25, 0.3) is 5.91 Å². The minimum atomic E-state index is -0.643. The number of hydrogen-bond donors (Lipinski definition) is 2. The fourth-order valence-electron chi connectivity index (χ4n) is 4.45. The molecule has 0 saturated heterocycles. The Bertz CT molecular complexity index is 1490. The average molecular weight is 512 g/mol. The van der Waals surface area contributed by atoms with Crippen LogP contribution in [0.15, 0.2) is 78.3 Å². The van der Waals surface area contributed by atoms with Crippen LogP contribution in [0.3, 0.4) is 0 Å². The number of hydrogen-bond acceptors (Lipinski definition) is 8. The van der Waals surface area contributed by atoms with Crippen molar-refractivity contribution in [2.45, 2.75) is 13.0 Å². The first-order valence-corrected chi connectivity index (χ1v) is 12.0. The smallest absolute Gasteiger partial charge is 0.255 e. The molecular formula is C28H29N7O3. The topological polar surface area (TPSA) is 106 Å². The number of fused-ring (bicyclic) bond motifs is 1. The summed E-state index contributed by atoms with van der Waals surface area (Å²) in [4.78, 5) is 24.6. The standard InChI is InChI=1S/C28H29N7O3/c1-17-24(27(36)31-19-7-6-14-29-16-19)25(22-15-21(37-4)12-13-23(22)38-5)35-28(30-17)32-26(33-35)18-8-10-20(11-9-18)34(2)3/h6-16,25H,1-5H3,(H,31,36)(H,30,32,33). The lowest BCUT2D eigenvalue weighted by Gasteiger charge is -2.29. The van der Waals surface area contributed by atoms with Crippen molar-refractivity contribution >= 4 is 23.2 Å². The molecule has 10 heteroatoms. The highest BCUT2D eigenvalue weighted by Crippen LogP contribution is 2.41. The lowest BCUT2D eigenvalue weighted by atomic mass is 9.94. The van der Waals surface area contributed by atoms with Crippen LogP contribution >= 0.6 is 0 Å². The monoisotopic (exact) mass is 511 g/mol. The lowest BCUT2D eigenvalue weighted by molar-refractivity contribution is -0.113. The van der Waals surface area contributed by atoms with Crippen LogP contribution in [0.25, 0.3) is 11.4 Å². The second-order valence-electron chi connectivity index (χ2n) is 9.01. The minimum Gasteiger partial charge on any atom is -0.497 e. The summed E-state index contributed by atoms with van der Waals surface area (Å²) in [7, 11) is 7.18. The number of ether oxygens (including phenoxy) is 2. The molecule has 2 aromatic heterocycles. The van der Waals surface area contributed by atoms with Crippen molar-refractivity contribution in [1.82, 2.24) is 19.7 Å². The average Bonchev–Trinajstić information content (AvgIpc) is 3.36. The van der Waals surface area contributed by atoms with Gasteiger partial charge in [-0.15, -0.1) is 5.10 Å². The van der Waals surface area contributed by atoms with Crippen molar-refractivity contribution in [3.05, 3.63) is 83.8 Å². The van der Waals surface area contributed by atoms with Gasteiger partial charge in [0.15, 0.2) is 5.82 Å². The third-order valence-electron chi connectivity index (χ3n) is 6.39. The molecule has 4 aromatic rings. The molecule has 1 atom stereocenters. The fourth-order valence-corrected chi connectivity index (χ4v) is 4.45. The molecule has 1 unspecified atom stereocenters. The predicted octanol–water partition coefficient (Wildman–Crippen LogP) is 4.35. The molecular weight excluding hydrogens is 482 g/mol. The number of amides is 1. The summed E-state index contributed by atoms with van der Waals surface area (Å²) in [6.07, 6.45) is 3.25. The van der Waals surface area contributed by atoms with Gasteiger partial charge in [-0.05, 0) is 61.5 Å². The first-order valence-electron chi connectivity index (χ1n) is 12.0. The Morgan fingerprint density at radius 3 is 2.53 bits per heavy atom. The first-order chi connectivity index (χ1) is 18.4. The number of benzene rings is 2. The Hall–Kier alpha value is -4.86. The van der Waals surface area contributed by atoms with E-state index >= 15 is 0 Å². The molecule has 0 aliphatic carbocycles. The van der Waals surface area contributed by atoms with E-state index in [0.29, 0.717) is 45.8 Å². The Morgan fingerprint density at radius 2 is 1.87 bits per heavy atom. The molecule has 1 amide bonds. The number of nitrogens with one attached hydrogen (secondary N) is 2. The highest BCUT2D eigenvalue weighted by atomic mass is 16.5. The van der Waals surface area contributed by atoms with E-state index in [9.17, 15) is 4.79 Å². The second-order valence-corrected chi connectivity index (χ2v) is 9.01. The molecule has 194 valence electrons. The fraction of sp³-hybridized carbons (Fsp3) is 0.214. The molecule has 5 rings (SSSR count). The number of anilines is 3. The molecule has 0 bridgehead atoms. The number of aromatic nitrogens is 4. The molecule has 0 fully saturated rings. The predicted molar refractivity (Wildman–Crippen MR) is 147 cm³/mol. The molecule has 0 saturated carbocycles. The van der Waals surface area contributed by atoms with Crippen LogP contribution in [0.2, 0.25) is 0 Å². The highest BCUT2D eigenvalue weighted by molar-refractivity contribution is 6.06. The normalized spacial score (nSPS) is 14.4. The van der Waals surface area contributed by atoms with Crippen molar-refractivity contribution in [2.75, 3.05) is 43.8 Å². The molecule has 1 aliphatic heterocycles. The van der Waals surface area contributed by atoms with Gasteiger partial charge < -0.3 is 25.0 Å². The number of carbonyl (C=O) groups is 1. The third kappa shape index (κ3) is 4.63. The van der Waals surface area contributed by atoms with E-state index in [2.05, 4.69) is 15.6 Å². The van der Waals surface area contributed by atoms with Crippen molar-refractivity contribution in [3.63, 3.8) is 0 Å². The van der Waals surface area contributed by atoms with Gasteiger partial charge in [-0.2, -0.15) is 4.98 Å². The molecule has 0 spiro atoms. The maximum absolute atomic E-state index is 13.7. The molecule has 38 heavy (non-hydrogen) atoms. The van der Waals surface area contributed by atoms with E-state index < -0.39 is 6.04 Å². The van der Waals surface area contributed by atoms with Crippen LogP contribution in [0.4, 0.5) is 17.3 Å². The summed E-state index contributed by atoms with van der Waals surface area (Å²) >= 11 is 0. The second kappa shape index (κ2) is 10.3. The van der Waals surface area contributed by atoms with Gasteiger partial charge in [-0.1, -0.05) is 0 Å². The zero-order valence-corrected chi connectivity index (χ0v) is 21.9. The summed E-state index contributed by atoms with van der Waals surface area (Å²) in [5.41, 5.74) is 4.34. The summed E-state index contributed by atoms with van der Waals surface area (Å²) in [5, 5.41) is 11.1. The van der Waals surface area contributed by atoms with Crippen LogP contribution in [0.1, 0.15) is 18.5 Å². The van der Waals surface area contributed by atoms with Crippen molar-refractivity contribution in [3.8, 4) is 22.9 Å². The zero-order valence-electron chi connectivity index (χ0n) is 21.9. The zero-order chi connectivity index (χ0) is 26.8. The first kappa shape index (κ1) is 24.8. The number of carbonyl (C=O) groups excluding carboxylic acids is 1. The van der Waals surface area contributed by atoms with Crippen LogP contribution in [-0.4, -0.2) is 54.0 Å². The van der Waals surface area contributed by atoms with Gasteiger partial charge in [0, 0.05) is 42.8 Å². The van der Waals surface area contributed by atoms with Gasteiger partial charge in [0.1, 0.15) is 17.5 Å². The van der Waals surface area contributed by atoms with Crippen LogP contribution in [0.5, 0.6) is 11.5 Å². The van der Waals surface area contributed by atoms with E-state index in [0.717, 1.165) is 11.3 Å². The number of allylic oxidation sites excluding steroid dienone is 1. The van der Waals surface area contributed by atoms with E-state index in [1.807, 2.05) is 68.4 Å². The maximum Gasteiger partial charge on any atom is 0.255 e. The molecule has 0 radical (unpaired) electrons. The number of rotatable bonds is 7. The number of methoxy groups -OCH3 is 2. The van der Waals surface area contributed by atoms with Gasteiger partial charge in [0.2, 0.25) is 5.95 Å². The minimum absolute atomic E-state index is 0.295. The van der Waals surface area contributed by atoms with Crippen LogP contribution in [0, 0.1) is 0 Å². The molecule has 10 nitrogen and oxygen atoms in total. The van der Waals surface area contributed by atoms with Gasteiger partial charge in [-0.25, -0.2) is 4.68 Å². The molecule has 1 aliphatic rings.